The molecular formula is C16H32O4. The zero-order valence-corrected chi connectivity index (χ0v) is 13.2. The summed E-state index contributed by atoms with van der Waals surface area (Å²) in [4.78, 5) is 0. The zero-order chi connectivity index (χ0) is 15.6. The van der Waals surface area contributed by atoms with Gasteiger partial charge in [0.25, 0.3) is 0 Å². The van der Waals surface area contributed by atoms with Gasteiger partial charge in [-0.25, -0.2) is 0 Å². The summed E-state index contributed by atoms with van der Waals surface area (Å²) < 4.78 is 10.1. The molecule has 0 rings (SSSR count). The molecule has 0 amide bonds. The van der Waals surface area contributed by atoms with E-state index in [9.17, 15) is 0 Å². The van der Waals surface area contributed by atoms with Crippen molar-refractivity contribution in [2.75, 3.05) is 26.4 Å². The molecule has 2 N–H and O–H groups in total. The molecule has 0 radical (unpaired) electrons. The van der Waals surface area contributed by atoms with Crippen molar-refractivity contribution in [2.24, 2.45) is 0 Å². The topological polar surface area (TPSA) is 58.9 Å². The Morgan fingerprint density at radius 1 is 0.850 bits per heavy atom. The van der Waals surface area contributed by atoms with E-state index in [2.05, 4.69) is 31.7 Å². The summed E-state index contributed by atoms with van der Waals surface area (Å²) in [7, 11) is 0. The molecule has 0 saturated heterocycles. The highest BCUT2D eigenvalue weighted by atomic mass is 16.5. The summed E-state index contributed by atoms with van der Waals surface area (Å²) >= 11 is 0. The van der Waals surface area contributed by atoms with E-state index in [0.29, 0.717) is 13.2 Å². The van der Waals surface area contributed by atoms with Crippen LogP contribution in [0.25, 0.3) is 0 Å². The summed E-state index contributed by atoms with van der Waals surface area (Å²) in [6, 6.07) is 0. The summed E-state index contributed by atoms with van der Waals surface area (Å²) in [5.74, 6) is 1.73. The summed E-state index contributed by atoms with van der Waals surface area (Å²) in [6.07, 6.45) is 6.59. The van der Waals surface area contributed by atoms with E-state index in [1.54, 1.807) is 0 Å². The van der Waals surface area contributed by atoms with Crippen molar-refractivity contribution in [1.29, 1.82) is 0 Å². The molecule has 0 aliphatic carbocycles. The van der Waals surface area contributed by atoms with Gasteiger partial charge in [-0.05, 0) is 12.8 Å². The summed E-state index contributed by atoms with van der Waals surface area (Å²) in [6.45, 7) is 12.7. The van der Waals surface area contributed by atoms with E-state index in [1.165, 1.54) is 12.8 Å². The number of unbranched alkanes of at least 4 members (excludes halogenated alkanes) is 2. The maximum Gasteiger partial charge on any atom is 0.0964 e. The average molecular weight is 288 g/mol. The van der Waals surface area contributed by atoms with E-state index in [-0.39, 0.29) is 13.2 Å². The monoisotopic (exact) mass is 288 g/mol. The van der Waals surface area contributed by atoms with Crippen LogP contribution in [-0.2, 0) is 9.47 Å². The smallest absolute Gasteiger partial charge is 0.0964 e. The fourth-order valence-corrected chi connectivity index (χ4v) is 1.29. The highest BCUT2D eigenvalue weighted by molar-refractivity contribution is 4.92. The van der Waals surface area contributed by atoms with E-state index in [1.807, 2.05) is 0 Å². The number of aliphatic hydroxyl groups excluding tert-OH is 2. The van der Waals surface area contributed by atoms with E-state index < -0.39 is 0 Å². The number of allylic oxidation sites excluding steroid dienone is 2. The molecule has 0 aromatic heterocycles. The van der Waals surface area contributed by atoms with Crippen molar-refractivity contribution in [1.82, 2.24) is 0 Å². The van der Waals surface area contributed by atoms with Gasteiger partial charge in [-0.3, -0.25) is 0 Å². The van der Waals surface area contributed by atoms with Crippen LogP contribution in [0.2, 0.25) is 0 Å². The predicted molar refractivity (Wildman–Crippen MR) is 83.4 cm³/mol. The molecule has 0 aromatic rings. The number of hydrogen-bond donors (Lipinski definition) is 2. The first-order chi connectivity index (χ1) is 9.62. The fourth-order valence-electron chi connectivity index (χ4n) is 1.29. The Morgan fingerprint density at radius 2 is 1.25 bits per heavy atom. The Bertz CT molecular complexity index is 205. The first kappa shape index (κ1) is 21.5. The maximum absolute atomic E-state index is 8.09. The Kier molecular flexibility index (Phi) is 19.5. The van der Waals surface area contributed by atoms with Crippen LogP contribution in [0.3, 0.4) is 0 Å². The van der Waals surface area contributed by atoms with Gasteiger partial charge in [0, 0.05) is 12.8 Å². The third kappa shape index (κ3) is 19.5. The van der Waals surface area contributed by atoms with Crippen molar-refractivity contribution in [2.45, 2.75) is 52.4 Å². The molecule has 0 aliphatic rings. The molecule has 0 atom stereocenters. The third-order valence-corrected chi connectivity index (χ3v) is 2.38. The Balaban J connectivity index is 0. The second-order valence-corrected chi connectivity index (χ2v) is 4.45. The summed E-state index contributed by atoms with van der Waals surface area (Å²) in [5, 5.41) is 16.2. The molecule has 20 heavy (non-hydrogen) atoms. The fraction of sp³-hybridized carbons (Fsp3) is 0.750. The Labute approximate surface area is 124 Å². The normalized spacial score (nSPS) is 9.60. The lowest BCUT2D eigenvalue weighted by atomic mass is 10.2. The van der Waals surface area contributed by atoms with Crippen LogP contribution in [0.1, 0.15) is 52.4 Å². The number of aliphatic hydroxyl groups is 2. The molecule has 0 fully saturated rings. The van der Waals surface area contributed by atoms with E-state index >= 15 is 0 Å². The minimum atomic E-state index is 0.0278. The van der Waals surface area contributed by atoms with Crippen molar-refractivity contribution >= 4 is 0 Å². The van der Waals surface area contributed by atoms with Crippen LogP contribution >= 0.6 is 0 Å². The van der Waals surface area contributed by atoms with Crippen LogP contribution in [0.4, 0.5) is 0 Å². The molecule has 0 aromatic carbocycles. The van der Waals surface area contributed by atoms with Gasteiger partial charge >= 0.3 is 0 Å². The molecule has 0 unspecified atom stereocenters. The Morgan fingerprint density at radius 3 is 1.55 bits per heavy atom. The third-order valence-electron chi connectivity index (χ3n) is 2.38. The van der Waals surface area contributed by atoms with Crippen LogP contribution < -0.4 is 0 Å². The first-order valence-electron chi connectivity index (χ1n) is 7.45. The average Bonchev–Trinajstić information content (AvgIpc) is 2.44. The van der Waals surface area contributed by atoms with Crippen molar-refractivity contribution < 1.29 is 19.7 Å². The predicted octanol–water partition coefficient (Wildman–Crippen LogP) is 3.40. The molecule has 120 valence electrons. The lowest BCUT2D eigenvalue weighted by molar-refractivity contribution is 0.0650. The molecule has 4 nitrogen and oxygen atoms in total. The van der Waals surface area contributed by atoms with Crippen LogP contribution in [0, 0.1) is 0 Å². The van der Waals surface area contributed by atoms with Gasteiger partial charge in [-0.15, -0.1) is 0 Å². The number of hydrogen-bond acceptors (Lipinski definition) is 4. The van der Waals surface area contributed by atoms with Gasteiger partial charge in [0.05, 0.1) is 37.9 Å². The molecule has 0 bridgehead atoms. The minimum absolute atomic E-state index is 0.0278. The molecule has 0 saturated carbocycles. The van der Waals surface area contributed by atoms with E-state index in [0.717, 1.165) is 37.2 Å². The molecular weight excluding hydrogens is 256 g/mol. The van der Waals surface area contributed by atoms with Gasteiger partial charge in [-0.1, -0.05) is 39.8 Å². The highest BCUT2D eigenvalue weighted by Gasteiger charge is 1.98. The van der Waals surface area contributed by atoms with Crippen molar-refractivity contribution in [3.63, 3.8) is 0 Å². The van der Waals surface area contributed by atoms with Crippen molar-refractivity contribution in [3.8, 4) is 0 Å². The highest BCUT2D eigenvalue weighted by Crippen LogP contribution is 2.14. The second-order valence-electron chi connectivity index (χ2n) is 4.45. The summed E-state index contributed by atoms with van der Waals surface area (Å²) in [5.41, 5.74) is 0. The Hall–Kier alpha value is -0.840. The molecule has 0 aliphatic heterocycles. The van der Waals surface area contributed by atoms with Gasteiger partial charge in [-0.2, -0.15) is 0 Å². The maximum atomic E-state index is 8.09. The van der Waals surface area contributed by atoms with Crippen molar-refractivity contribution in [3.05, 3.63) is 24.7 Å². The standard InChI is InChI=1S/C12H22O.C4H10O3/c1-5-7-9-11(3)13-12(4)10-8-6-2;5-1-3-7-4-2-6/h3-10H2,1-2H3;5-6H,1-4H2. The SMILES string of the molecule is C=C(CCCC)OC(=C)CCCC.OCCOCCO. The lowest BCUT2D eigenvalue weighted by Crippen LogP contribution is -2.03. The minimum Gasteiger partial charge on any atom is -0.467 e. The molecule has 0 spiro atoms. The lowest BCUT2D eigenvalue weighted by Gasteiger charge is -2.10. The van der Waals surface area contributed by atoms with Gasteiger partial charge in [0.15, 0.2) is 0 Å². The number of rotatable bonds is 12. The zero-order valence-electron chi connectivity index (χ0n) is 13.2. The molecule has 4 heteroatoms. The van der Waals surface area contributed by atoms with Gasteiger partial charge in [0.2, 0.25) is 0 Å². The first-order valence-corrected chi connectivity index (χ1v) is 7.45. The van der Waals surface area contributed by atoms with Crippen LogP contribution in [0.15, 0.2) is 24.7 Å². The quantitative estimate of drug-likeness (QED) is 0.427. The second kappa shape index (κ2) is 18.2. The van der Waals surface area contributed by atoms with Crippen LogP contribution in [-0.4, -0.2) is 36.6 Å². The van der Waals surface area contributed by atoms with Gasteiger partial charge < -0.3 is 19.7 Å². The van der Waals surface area contributed by atoms with Crippen LogP contribution in [0.5, 0.6) is 0 Å². The molecule has 0 heterocycles. The van der Waals surface area contributed by atoms with Gasteiger partial charge in [0.1, 0.15) is 0 Å². The number of ether oxygens (including phenoxy) is 2. The van der Waals surface area contributed by atoms with E-state index in [4.69, 9.17) is 14.9 Å². The largest absolute Gasteiger partial charge is 0.467 e.